The minimum absolute atomic E-state index is 0.0732. The third-order valence-corrected chi connectivity index (χ3v) is 4.32. The van der Waals surface area contributed by atoms with E-state index in [2.05, 4.69) is 15.3 Å². The number of para-hydroxylation sites is 1. The van der Waals surface area contributed by atoms with E-state index in [0.717, 1.165) is 0 Å². The Morgan fingerprint density at radius 1 is 0.786 bits per heavy atom. The van der Waals surface area contributed by atoms with Gasteiger partial charge in [0.05, 0.1) is 17.1 Å². The Hall–Kier alpha value is -3.77. The SMILES string of the molecule is O=c1c(N=Nc2ccccc2)c(C(O)c2ccccc2)[nH]n1-c1ccccc1. The van der Waals surface area contributed by atoms with Crippen LogP contribution in [-0.4, -0.2) is 14.9 Å². The fraction of sp³-hybridized carbons (Fsp3) is 0.0455. The van der Waals surface area contributed by atoms with Crippen molar-refractivity contribution < 1.29 is 5.11 Å². The number of H-pyrrole nitrogens is 1. The molecule has 2 N–H and O–H groups in total. The Balaban J connectivity index is 1.84. The second-order valence-electron chi connectivity index (χ2n) is 6.20. The van der Waals surface area contributed by atoms with Crippen molar-refractivity contribution in [2.45, 2.75) is 6.10 Å². The van der Waals surface area contributed by atoms with E-state index in [9.17, 15) is 9.90 Å². The monoisotopic (exact) mass is 370 g/mol. The van der Waals surface area contributed by atoms with E-state index in [1.165, 1.54) is 4.68 Å². The molecule has 1 heterocycles. The summed E-state index contributed by atoms with van der Waals surface area (Å²) in [5, 5.41) is 22.2. The van der Waals surface area contributed by atoms with Gasteiger partial charge in [0.2, 0.25) is 0 Å². The second-order valence-corrected chi connectivity index (χ2v) is 6.20. The zero-order chi connectivity index (χ0) is 19.3. The lowest BCUT2D eigenvalue weighted by Crippen LogP contribution is -2.13. The van der Waals surface area contributed by atoms with Crippen LogP contribution in [0.25, 0.3) is 5.69 Å². The van der Waals surface area contributed by atoms with E-state index in [1.807, 2.05) is 54.6 Å². The van der Waals surface area contributed by atoms with Gasteiger partial charge in [-0.25, -0.2) is 4.68 Å². The van der Waals surface area contributed by atoms with Crippen molar-refractivity contribution in [1.82, 2.24) is 9.78 Å². The molecule has 0 amide bonds. The number of aromatic amines is 1. The standard InChI is InChI=1S/C22H18N4O2/c27-21(16-10-4-1-5-11-16)19-20(24-23-17-12-6-2-7-13-17)22(28)26(25-19)18-14-8-3-9-15-18/h1-15,21,25,27H. The number of nitrogens with zero attached hydrogens (tertiary/aromatic N) is 3. The van der Waals surface area contributed by atoms with Crippen LogP contribution in [0.1, 0.15) is 17.4 Å². The highest BCUT2D eigenvalue weighted by Gasteiger charge is 2.22. The normalized spacial score (nSPS) is 12.3. The van der Waals surface area contributed by atoms with Gasteiger partial charge in [-0.1, -0.05) is 66.7 Å². The maximum atomic E-state index is 13.0. The first-order valence-electron chi connectivity index (χ1n) is 8.84. The molecule has 0 saturated carbocycles. The first-order valence-corrected chi connectivity index (χ1v) is 8.84. The van der Waals surface area contributed by atoms with Crippen molar-refractivity contribution in [3.63, 3.8) is 0 Å². The highest BCUT2D eigenvalue weighted by molar-refractivity contribution is 5.48. The molecule has 0 radical (unpaired) electrons. The third-order valence-electron chi connectivity index (χ3n) is 4.32. The number of aliphatic hydroxyl groups excluding tert-OH is 1. The van der Waals surface area contributed by atoms with Gasteiger partial charge in [-0.2, -0.15) is 5.11 Å². The lowest BCUT2D eigenvalue weighted by molar-refractivity contribution is 0.215. The maximum absolute atomic E-state index is 13.0. The molecule has 0 aliphatic carbocycles. The minimum Gasteiger partial charge on any atom is -0.382 e. The van der Waals surface area contributed by atoms with Crippen molar-refractivity contribution in [3.8, 4) is 5.69 Å². The van der Waals surface area contributed by atoms with Crippen molar-refractivity contribution in [2.75, 3.05) is 0 Å². The summed E-state index contributed by atoms with van der Waals surface area (Å²) in [6.07, 6.45) is -1.04. The van der Waals surface area contributed by atoms with Crippen molar-refractivity contribution in [1.29, 1.82) is 0 Å². The van der Waals surface area contributed by atoms with Crippen LogP contribution in [0.5, 0.6) is 0 Å². The molecular formula is C22H18N4O2. The van der Waals surface area contributed by atoms with Gasteiger partial charge in [0.25, 0.3) is 5.56 Å². The van der Waals surface area contributed by atoms with E-state index in [0.29, 0.717) is 22.6 Å². The molecule has 0 saturated heterocycles. The van der Waals surface area contributed by atoms with Gasteiger partial charge in [0.15, 0.2) is 5.69 Å². The third kappa shape index (κ3) is 3.54. The maximum Gasteiger partial charge on any atom is 0.299 e. The number of benzene rings is 3. The highest BCUT2D eigenvalue weighted by atomic mass is 16.3. The van der Waals surface area contributed by atoms with E-state index >= 15 is 0 Å². The fourth-order valence-corrected chi connectivity index (χ4v) is 2.90. The number of nitrogens with one attached hydrogen (secondary N) is 1. The molecule has 0 fully saturated rings. The minimum atomic E-state index is -1.04. The summed E-state index contributed by atoms with van der Waals surface area (Å²) < 4.78 is 1.36. The average molecular weight is 370 g/mol. The second kappa shape index (κ2) is 7.85. The van der Waals surface area contributed by atoms with Gasteiger partial charge in [0.1, 0.15) is 6.10 Å². The summed E-state index contributed by atoms with van der Waals surface area (Å²) in [6.45, 7) is 0. The van der Waals surface area contributed by atoms with Crippen molar-refractivity contribution in [2.24, 2.45) is 10.2 Å². The van der Waals surface area contributed by atoms with Crippen molar-refractivity contribution in [3.05, 3.63) is 113 Å². The Bertz CT molecular complexity index is 1130. The quantitative estimate of drug-likeness (QED) is 0.501. The van der Waals surface area contributed by atoms with Gasteiger partial charge in [-0.05, 0) is 29.8 Å². The van der Waals surface area contributed by atoms with Crippen LogP contribution in [-0.2, 0) is 0 Å². The number of aliphatic hydroxyl groups is 1. The molecule has 0 spiro atoms. The Labute approximate surface area is 161 Å². The van der Waals surface area contributed by atoms with E-state index < -0.39 is 6.10 Å². The van der Waals surface area contributed by atoms with Crippen LogP contribution < -0.4 is 5.56 Å². The number of hydrogen-bond donors (Lipinski definition) is 2. The lowest BCUT2D eigenvalue weighted by Gasteiger charge is -2.09. The number of aromatic nitrogens is 2. The molecular weight excluding hydrogens is 352 g/mol. The van der Waals surface area contributed by atoms with Crippen LogP contribution in [0, 0.1) is 0 Å². The number of hydrogen-bond acceptors (Lipinski definition) is 4. The van der Waals surface area contributed by atoms with Crippen LogP contribution in [0.3, 0.4) is 0 Å². The Kier molecular flexibility index (Phi) is 4.95. The average Bonchev–Trinajstić information content (AvgIpc) is 3.10. The smallest absolute Gasteiger partial charge is 0.299 e. The molecule has 0 aliphatic heterocycles. The molecule has 6 heteroatoms. The molecule has 0 aliphatic rings. The van der Waals surface area contributed by atoms with Crippen LogP contribution in [0.15, 0.2) is 106 Å². The van der Waals surface area contributed by atoms with Crippen LogP contribution >= 0.6 is 0 Å². The zero-order valence-electron chi connectivity index (χ0n) is 14.9. The fourth-order valence-electron chi connectivity index (χ4n) is 2.90. The summed E-state index contributed by atoms with van der Waals surface area (Å²) >= 11 is 0. The zero-order valence-corrected chi connectivity index (χ0v) is 14.9. The molecule has 4 rings (SSSR count). The number of rotatable bonds is 5. The van der Waals surface area contributed by atoms with E-state index in [4.69, 9.17) is 0 Å². The summed E-state index contributed by atoms with van der Waals surface area (Å²) in [7, 11) is 0. The van der Waals surface area contributed by atoms with Crippen LogP contribution in [0.2, 0.25) is 0 Å². The molecule has 6 nitrogen and oxygen atoms in total. The highest BCUT2D eigenvalue weighted by Crippen LogP contribution is 2.28. The predicted molar refractivity (Wildman–Crippen MR) is 108 cm³/mol. The van der Waals surface area contributed by atoms with Gasteiger partial charge in [-0.15, -0.1) is 5.11 Å². The molecule has 1 unspecified atom stereocenters. The first kappa shape index (κ1) is 17.6. The molecule has 0 bridgehead atoms. The first-order chi connectivity index (χ1) is 13.7. The van der Waals surface area contributed by atoms with Gasteiger partial charge in [-0.3, -0.25) is 9.89 Å². The molecule has 4 aromatic rings. The van der Waals surface area contributed by atoms with Crippen LogP contribution in [0.4, 0.5) is 11.4 Å². The molecule has 1 aromatic heterocycles. The summed E-state index contributed by atoms with van der Waals surface area (Å²) in [5.74, 6) is 0. The molecule has 28 heavy (non-hydrogen) atoms. The van der Waals surface area contributed by atoms with E-state index in [1.54, 1.807) is 36.4 Å². The largest absolute Gasteiger partial charge is 0.382 e. The predicted octanol–water partition coefficient (Wildman–Crippen LogP) is 4.66. The summed E-state index contributed by atoms with van der Waals surface area (Å²) in [6, 6.07) is 27.4. The topological polar surface area (TPSA) is 82.7 Å². The van der Waals surface area contributed by atoms with Gasteiger partial charge >= 0.3 is 0 Å². The van der Waals surface area contributed by atoms with Crippen molar-refractivity contribution >= 4 is 11.4 Å². The Morgan fingerprint density at radius 3 is 2.00 bits per heavy atom. The summed E-state index contributed by atoms with van der Waals surface area (Å²) in [5.41, 5.74) is 1.91. The van der Waals surface area contributed by atoms with Gasteiger partial charge < -0.3 is 5.11 Å². The van der Waals surface area contributed by atoms with E-state index in [-0.39, 0.29) is 11.2 Å². The Morgan fingerprint density at radius 2 is 1.36 bits per heavy atom. The number of azo groups is 1. The molecule has 3 aromatic carbocycles. The van der Waals surface area contributed by atoms with Gasteiger partial charge in [0, 0.05) is 0 Å². The molecule has 138 valence electrons. The lowest BCUT2D eigenvalue weighted by atomic mass is 10.1. The summed E-state index contributed by atoms with van der Waals surface area (Å²) in [4.78, 5) is 13.0. The molecule has 1 atom stereocenters.